The highest BCUT2D eigenvalue weighted by molar-refractivity contribution is 5.80. The van der Waals surface area contributed by atoms with E-state index in [1.54, 1.807) is 6.26 Å². The molecule has 7 heteroatoms. The van der Waals surface area contributed by atoms with Crippen molar-refractivity contribution >= 4 is 11.9 Å². The van der Waals surface area contributed by atoms with E-state index in [2.05, 4.69) is 10.6 Å². The molecule has 0 aromatic carbocycles. The minimum Gasteiger partial charge on any atom is -0.469 e. The molecule has 1 aromatic heterocycles. The Kier molecular flexibility index (Phi) is 8.02. The number of hydrogen-bond acceptors (Lipinski definition) is 4. The molecule has 3 heterocycles. The van der Waals surface area contributed by atoms with Gasteiger partial charge in [-0.2, -0.15) is 0 Å². The summed E-state index contributed by atoms with van der Waals surface area (Å²) in [7, 11) is 0. The number of amides is 1. The highest BCUT2D eigenvalue weighted by Crippen LogP contribution is 2.12. The number of rotatable bonds is 9. The lowest BCUT2D eigenvalue weighted by Gasteiger charge is -2.21. The molecule has 0 bridgehead atoms. The molecule has 150 valence electrons. The van der Waals surface area contributed by atoms with Crippen LogP contribution in [-0.4, -0.2) is 62.2 Å². The fourth-order valence-corrected chi connectivity index (χ4v) is 3.49. The number of furan rings is 1. The van der Waals surface area contributed by atoms with Crippen molar-refractivity contribution in [3.63, 3.8) is 0 Å². The quantitative estimate of drug-likeness (QED) is 0.391. The first-order chi connectivity index (χ1) is 13.3. The van der Waals surface area contributed by atoms with E-state index >= 15 is 0 Å². The van der Waals surface area contributed by atoms with Gasteiger partial charge in [-0.1, -0.05) is 0 Å². The molecule has 2 aliphatic heterocycles. The molecular weight excluding hydrogens is 344 g/mol. The molecule has 1 amide bonds. The smallest absolute Gasteiger partial charge is 0.222 e. The summed E-state index contributed by atoms with van der Waals surface area (Å²) in [4.78, 5) is 18.3. The van der Waals surface area contributed by atoms with E-state index in [9.17, 15) is 4.79 Å². The number of aliphatic imine (C=N–C) groups is 1. The molecule has 1 unspecified atom stereocenters. The molecule has 1 aromatic rings. The van der Waals surface area contributed by atoms with E-state index < -0.39 is 0 Å². The fourth-order valence-electron chi connectivity index (χ4n) is 3.49. The van der Waals surface area contributed by atoms with Gasteiger partial charge in [0.1, 0.15) is 5.76 Å². The van der Waals surface area contributed by atoms with Gasteiger partial charge in [-0.3, -0.25) is 9.79 Å². The second-order valence-electron chi connectivity index (χ2n) is 7.20. The second-order valence-corrected chi connectivity index (χ2v) is 7.20. The molecule has 2 fully saturated rings. The number of carbonyl (C=O) groups is 1. The van der Waals surface area contributed by atoms with Crippen molar-refractivity contribution in [1.29, 1.82) is 0 Å². The number of ether oxygens (including phenoxy) is 1. The molecule has 7 nitrogen and oxygen atoms in total. The molecule has 27 heavy (non-hydrogen) atoms. The van der Waals surface area contributed by atoms with Gasteiger partial charge in [-0.05, 0) is 44.2 Å². The second kappa shape index (κ2) is 11.0. The molecule has 2 aliphatic rings. The van der Waals surface area contributed by atoms with Crippen LogP contribution >= 0.6 is 0 Å². The predicted octanol–water partition coefficient (Wildman–Crippen LogP) is 1.94. The van der Waals surface area contributed by atoms with Crippen LogP contribution in [0, 0.1) is 0 Å². The Morgan fingerprint density at radius 3 is 2.93 bits per heavy atom. The maximum absolute atomic E-state index is 11.7. The van der Waals surface area contributed by atoms with Crippen LogP contribution in [0.3, 0.4) is 0 Å². The highest BCUT2D eigenvalue weighted by atomic mass is 16.5. The van der Waals surface area contributed by atoms with Gasteiger partial charge in [0.25, 0.3) is 0 Å². The summed E-state index contributed by atoms with van der Waals surface area (Å²) in [5.74, 6) is 2.06. The number of nitrogens with one attached hydrogen (secondary N) is 2. The van der Waals surface area contributed by atoms with Gasteiger partial charge in [0.2, 0.25) is 5.91 Å². The average Bonchev–Trinajstić information content (AvgIpc) is 3.35. The van der Waals surface area contributed by atoms with E-state index in [-0.39, 0.29) is 12.0 Å². The Bertz CT molecular complexity index is 582. The minimum absolute atomic E-state index is 0.227. The minimum atomic E-state index is 0.227. The van der Waals surface area contributed by atoms with Crippen molar-refractivity contribution in [1.82, 2.24) is 15.5 Å². The SMILES string of the molecule is O=C1CCCN1CCCNC(=NCC1CCCCO1)NCCc1ccco1. The molecule has 2 saturated heterocycles. The molecule has 0 saturated carbocycles. The van der Waals surface area contributed by atoms with E-state index in [0.29, 0.717) is 13.0 Å². The lowest BCUT2D eigenvalue weighted by molar-refractivity contribution is -0.127. The Morgan fingerprint density at radius 2 is 2.19 bits per heavy atom. The lowest BCUT2D eigenvalue weighted by Crippen LogP contribution is -2.40. The van der Waals surface area contributed by atoms with Crippen molar-refractivity contribution in [3.05, 3.63) is 24.2 Å². The standard InChI is InChI=1S/C20H32N4O3/c25-19-8-3-12-24(19)13-5-10-21-20(22-11-9-17-7-4-15-26-17)23-16-18-6-1-2-14-27-18/h4,7,15,18H,1-3,5-6,8-14,16H2,(H2,21,22,23). The lowest BCUT2D eigenvalue weighted by atomic mass is 10.1. The van der Waals surface area contributed by atoms with Crippen LogP contribution in [0.25, 0.3) is 0 Å². The topological polar surface area (TPSA) is 79.1 Å². The fraction of sp³-hybridized carbons (Fsp3) is 0.700. The zero-order valence-corrected chi connectivity index (χ0v) is 16.1. The van der Waals surface area contributed by atoms with Crippen LogP contribution in [0.2, 0.25) is 0 Å². The number of likely N-dealkylation sites (tertiary alicyclic amines) is 1. The maximum atomic E-state index is 11.7. The van der Waals surface area contributed by atoms with Gasteiger partial charge in [0.05, 0.1) is 18.9 Å². The Morgan fingerprint density at radius 1 is 1.26 bits per heavy atom. The van der Waals surface area contributed by atoms with Crippen LogP contribution in [-0.2, 0) is 16.0 Å². The normalized spacial score (nSPS) is 20.9. The summed E-state index contributed by atoms with van der Waals surface area (Å²) in [6.07, 6.45) is 8.82. The third-order valence-electron chi connectivity index (χ3n) is 5.04. The molecule has 0 radical (unpaired) electrons. The van der Waals surface area contributed by atoms with Gasteiger partial charge in [0, 0.05) is 45.6 Å². The number of guanidine groups is 1. The first kappa shape index (κ1) is 19.7. The van der Waals surface area contributed by atoms with Crippen molar-refractivity contribution in [2.75, 3.05) is 39.3 Å². The summed E-state index contributed by atoms with van der Waals surface area (Å²) < 4.78 is 11.2. The monoisotopic (exact) mass is 376 g/mol. The molecule has 0 aliphatic carbocycles. The van der Waals surface area contributed by atoms with Crippen molar-refractivity contribution < 1.29 is 13.9 Å². The van der Waals surface area contributed by atoms with Crippen LogP contribution in [0.4, 0.5) is 0 Å². The van der Waals surface area contributed by atoms with Gasteiger partial charge in [-0.15, -0.1) is 0 Å². The van der Waals surface area contributed by atoms with E-state index in [0.717, 1.165) is 76.6 Å². The number of nitrogens with zero attached hydrogens (tertiary/aromatic N) is 2. The maximum Gasteiger partial charge on any atom is 0.222 e. The summed E-state index contributed by atoms with van der Waals surface area (Å²) in [6.45, 7) is 4.80. The van der Waals surface area contributed by atoms with Crippen molar-refractivity contribution in [2.24, 2.45) is 4.99 Å². The van der Waals surface area contributed by atoms with Gasteiger partial charge < -0.3 is 24.7 Å². The van der Waals surface area contributed by atoms with Crippen molar-refractivity contribution in [3.8, 4) is 0 Å². The first-order valence-electron chi connectivity index (χ1n) is 10.3. The van der Waals surface area contributed by atoms with Gasteiger partial charge in [0.15, 0.2) is 5.96 Å². The zero-order chi connectivity index (χ0) is 18.7. The molecule has 3 rings (SSSR count). The Labute approximate surface area is 161 Å². The zero-order valence-electron chi connectivity index (χ0n) is 16.1. The molecule has 2 N–H and O–H groups in total. The molecule has 1 atom stereocenters. The largest absolute Gasteiger partial charge is 0.469 e. The first-order valence-corrected chi connectivity index (χ1v) is 10.3. The summed E-state index contributed by atoms with van der Waals surface area (Å²) in [5.41, 5.74) is 0. The van der Waals surface area contributed by atoms with Crippen LogP contribution < -0.4 is 10.6 Å². The molecule has 0 spiro atoms. The number of carbonyl (C=O) groups excluding carboxylic acids is 1. The third kappa shape index (κ3) is 6.90. The van der Waals surface area contributed by atoms with Crippen LogP contribution in [0.15, 0.2) is 27.8 Å². The summed E-state index contributed by atoms with van der Waals surface area (Å²) in [5, 5.41) is 6.77. The molecular formula is C20H32N4O3. The Hall–Kier alpha value is -2.02. The average molecular weight is 377 g/mol. The Balaban J connectivity index is 1.41. The van der Waals surface area contributed by atoms with Gasteiger partial charge in [-0.25, -0.2) is 0 Å². The van der Waals surface area contributed by atoms with E-state index in [1.165, 1.54) is 6.42 Å². The third-order valence-corrected chi connectivity index (χ3v) is 5.04. The number of hydrogen-bond donors (Lipinski definition) is 2. The summed E-state index contributed by atoms with van der Waals surface area (Å²) in [6, 6.07) is 3.89. The van der Waals surface area contributed by atoms with E-state index in [4.69, 9.17) is 14.1 Å². The van der Waals surface area contributed by atoms with Crippen LogP contribution in [0.5, 0.6) is 0 Å². The van der Waals surface area contributed by atoms with Crippen molar-refractivity contribution in [2.45, 2.75) is 51.0 Å². The highest BCUT2D eigenvalue weighted by Gasteiger charge is 2.19. The van der Waals surface area contributed by atoms with E-state index in [1.807, 2.05) is 17.0 Å². The summed E-state index contributed by atoms with van der Waals surface area (Å²) >= 11 is 0. The van der Waals surface area contributed by atoms with Gasteiger partial charge >= 0.3 is 0 Å². The predicted molar refractivity (Wildman–Crippen MR) is 105 cm³/mol. The van der Waals surface area contributed by atoms with Crippen LogP contribution in [0.1, 0.15) is 44.3 Å².